The van der Waals surface area contributed by atoms with E-state index in [1.807, 2.05) is 6.07 Å². The molecule has 2 amide bonds. The smallest absolute Gasteiger partial charge is 0.248 e. The second-order valence-electron chi connectivity index (χ2n) is 4.13. The van der Waals surface area contributed by atoms with Crippen molar-refractivity contribution in [1.29, 1.82) is 0 Å². The minimum absolute atomic E-state index is 0.00183. The highest BCUT2D eigenvalue weighted by molar-refractivity contribution is 6.30. The van der Waals surface area contributed by atoms with Crippen LogP contribution in [-0.2, 0) is 16.1 Å². The van der Waals surface area contributed by atoms with E-state index >= 15 is 0 Å². The van der Waals surface area contributed by atoms with E-state index < -0.39 is 12.6 Å². The van der Waals surface area contributed by atoms with E-state index in [0.717, 1.165) is 5.56 Å². The molecule has 1 aromatic carbocycles. The first kappa shape index (κ1) is 12.9. The number of halogens is 1. The van der Waals surface area contributed by atoms with Gasteiger partial charge >= 0.3 is 0 Å². The summed E-state index contributed by atoms with van der Waals surface area (Å²) >= 11 is 5.86. The number of amides is 2. The summed E-state index contributed by atoms with van der Waals surface area (Å²) in [6.07, 6.45) is 0. The molecule has 0 bridgehead atoms. The minimum atomic E-state index is -0.842. The maximum atomic E-state index is 11.9. The van der Waals surface area contributed by atoms with E-state index in [0.29, 0.717) is 11.6 Å². The first-order chi connectivity index (χ1) is 8.60. The van der Waals surface area contributed by atoms with Crippen molar-refractivity contribution in [3.8, 4) is 0 Å². The van der Waals surface area contributed by atoms with Crippen LogP contribution in [0.2, 0.25) is 5.02 Å². The van der Waals surface area contributed by atoms with Gasteiger partial charge in [0.25, 0.3) is 0 Å². The lowest BCUT2D eigenvalue weighted by atomic mass is 10.1. The second kappa shape index (κ2) is 5.37. The first-order valence-electron chi connectivity index (χ1n) is 5.53. The van der Waals surface area contributed by atoms with E-state index in [1.165, 1.54) is 4.90 Å². The van der Waals surface area contributed by atoms with Crippen LogP contribution in [0.3, 0.4) is 0 Å². The SMILES string of the molecule is O=C1CN(Cc2cccc(Cl)c2)C(=O)C(CO)N1. The average molecular weight is 269 g/mol. The molecule has 1 aliphatic heterocycles. The predicted molar refractivity (Wildman–Crippen MR) is 65.9 cm³/mol. The highest BCUT2D eigenvalue weighted by atomic mass is 35.5. The van der Waals surface area contributed by atoms with Gasteiger partial charge in [-0.05, 0) is 17.7 Å². The Morgan fingerprint density at radius 3 is 2.89 bits per heavy atom. The molecular weight excluding hydrogens is 256 g/mol. The summed E-state index contributed by atoms with van der Waals surface area (Å²) in [5.41, 5.74) is 0.849. The number of aliphatic hydroxyl groups excluding tert-OH is 1. The van der Waals surface area contributed by atoms with Crippen LogP contribution in [0.5, 0.6) is 0 Å². The number of aliphatic hydroxyl groups is 1. The summed E-state index contributed by atoms with van der Waals surface area (Å²) in [5.74, 6) is -0.548. The highest BCUT2D eigenvalue weighted by Gasteiger charge is 2.31. The number of hydrogen-bond donors (Lipinski definition) is 2. The zero-order valence-electron chi connectivity index (χ0n) is 9.60. The highest BCUT2D eigenvalue weighted by Crippen LogP contribution is 2.14. The van der Waals surface area contributed by atoms with Crippen molar-refractivity contribution in [2.24, 2.45) is 0 Å². The van der Waals surface area contributed by atoms with Gasteiger partial charge < -0.3 is 15.3 Å². The maximum absolute atomic E-state index is 11.9. The van der Waals surface area contributed by atoms with E-state index in [1.54, 1.807) is 18.2 Å². The number of carbonyl (C=O) groups excluding carboxylic acids is 2. The van der Waals surface area contributed by atoms with Crippen molar-refractivity contribution >= 4 is 23.4 Å². The molecule has 18 heavy (non-hydrogen) atoms. The third-order valence-electron chi connectivity index (χ3n) is 2.72. The fraction of sp³-hybridized carbons (Fsp3) is 0.333. The Morgan fingerprint density at radius 1 is 1.44 bits per heavy atom. The number of piperazine rings is 1. The number of carbonyl (C=O) groups is 2. The summed E-state index contributed by atoms with van der Waals surface area (Å²) in [4.78, 5) is 24.7. The molecule has 1 unspecified atom stereocenters. The molecule has 96 valence electrons. The van der Waals surface area contributed by atoms with Gasteiger partial charge in [0, 0.05) is 11.6 Å². The lowest BCUT2D eigenvalue weighted by Gasteiger charge is -2.31. The van der Waals surface area contributed by atoms with Gasteiger partial charge in [-0.25, -0.2) is 0 Å². The largest absolute Gasteiger partial charge is 0.394 e. The molecular formula is C12H13ClN2O3. The maximum Gasteiger partial charge on any atom is 0.248 e. The summed E-state index contributed by atoms with van der Waals surface area (Å²) in [5, 5.41) is 12.0. The van der Waals surface area contributed by atoms with E-state index in [-0.39, 0.29) is 18.4 Å². The Morgan fingerprint density at radius 2 is 2.22 bits per heavy atom. The fourth-order valence-electron chi connectivity index (χ4n) is 1.89. The van der Waals surface area contributed by atoms with Crippen LogP contribution in [0.4, 0.5) is 0 Å². The summed E-state index contributed by atoms with van der Waals surface area (Å²) in [6, 6.07) is 6.27. The van der Waals surface area contributed by atoms with Crippen molar-refractivity contribution in [2.75, 3.05) is 13.2 Å². The molecule has 0 saturated carbocycles. The van der Waals surface area contributed by atoms with Crippen LogP contribution in [0.1, 0.15) is 5.56 Å². The zero-order valence-corrected chi connectivity index (χ0v) is 10.4. The molecule has 1 saturated heterocycles. The summed E-state index contributed by atoms with van der Waals surface area (Å²) < 4.78 is 0. The Labute approximate surface area is 109 Å². The monoisotopic (exact) mass is 268 g/mol. The van der Waals surface area contributed by atoms with Crippen LogP contribution < -0.4 is 5.32 Å². The van der Waals surface area contributed by atoms with Crippen molar-refractivity contribution < 1.29 is 14.7 Å². The van der Waals surface area contributed by atoms with Gasteiger partial charge in [0.15, 0.2) is 0 Å². The Kier molecular flexibility index (Phi) is 3.84. The molecule has 2 N–H and O–H groups in total. The van der Waals surface area contributed by atoms with Crippen LogP contribution >= 0.6 is 11.6 Å². The zero-order chi connectivity index (χ0) is 13.1. The number of benzene rings is 1. The standard InChI is InChI=1S/C12H13ClN2O3/c13-9-3-1-2-8(4-9)5-15-6-11(17)14-10(7-16)12(15)18/h1-4,10,16H,5-7H2,(H,14,17). The normalized spacial score (nSPS) is 19.9. The van der Waals surface area contributed by atoms with Gasteiger partial charge in [0.1, 0.15) is 6.04 Å². The molecule has 6 heteroatoms. The molecule has 0 spiro atoms. The van der Waals surface area contributed by atoms with Crippen LogP contribution in [-0.4, -0.2) is 41.0 Å². The molecule has 1 aromatic rings. The number of hydrogen-bond acceptors (Lipinski definition) is 3. The Balaban J connectivity index is 2.12. The van der Waals surface area contributed by atoms with Gasteiger partial charge in [-0.15, -0.1) is 0 Å². The lowest BCUT2D eigenvalue weighted by Crippen LogP contribution is -2.58. The van der Waals surface area contributed by atoms with Crippen LogP contribution in [0.25, 0.3) is 0 Å². The van der Waals surface area contributed by atoms with Gasteiger partial charge in [-0.2, -0.15) is 0 Å². The van der Waals surface area contributed by atoms with Gasteiger partial charge in [-0.3, -0.25) is 9.59 Å². The number of nitrogens with one attached hydrogen (secondary N) is 1. The molecule has 2 rings (SSSR count). The topological polar surface area (TPSA) is 69.6 Å². The van der Waals surface area contributed by atoms with Gasteiger partial charge in [-0.1, -0.05) is 23.7 Å². The molecule has 0 radical (unpaired) electrons. The molecule has 0 aromatic heterocycles. The number of nitrogens with zero attached hydrogens (tertiary/aromatic N) is 1. The quantitative estimate of drug-likeness (QED) is 0.820. The molecule has 0 aliphatic carbocycles. The van der Waals surface area contributed by atoms with E-state index in [4.69, 9.17) is 16.7 Å². The average Bonchev–Trinajstić information content (AvgIpc) is 2.33. The van der Waals surface area contributed by atoms with Gasteiger partial charge in [0.2, 0.25) is 11.8 Å². The lowest BCUT2D eigenvalue weighted by molar-refractivity contribution is -0.145. The van der Waals surface area contributed by atoms with E-state index in [9.17, 15) is 9.59 Å². The fourth-order valence-corrected chi connectivity index (χ4v) is 2.10. The third kappa shape index (κ3) is 2.80. The molecule has 1 heterocycles. The number of rotatable bonds is 3. The Hall–Kier alpha value is -1.59. The molecule has 1 atom stereocenters. The van der Waals surface area contributed by atoms with Crippen molar-refractivity contribution in [2.45, 2.75) is 12.6 Å². The summed E-state index contributed by atoms with van der Waals surface area (Å²) in [6.45, 7) is -0.0816. The first-order valence-corrected chi connectivity index (χ1v) is 5.91. The second-order valence-corrected chi connectivity index (χ2v) is 4.56. The van der Waals surface area contributed by atoms with Gasteiger partial charge in [0.05, 0.1) is 13.2 Å². The van der Waals surface area contributed by atoms with E-state index in [2.05, 4.69) is 5.32 Å². The van der Waals surface area contributed by atoms with Crippen LogP contribution in [0, 0.1) is 0 Å². The van der Waals surface area contributed by atoms with Crippen molar-refractivity contribution in [3.63, 3.8) is 0 Å². The minimum Gasteiger partial charge on any atom is -0.394 e. The molecule has 5 nitrogen and oxygen atoms in total. The third-order valence-corrected chi connectivity index (χ3v) is 2.96. The Bertz CT molecular complexity index is 478. The predicted octanol–water partition coefficient (Wildman–Crippen LogP) is 0.159. The molecule has 1 aliphatic rings. The van der Waals surface area contributed by atoms with Crippen molar-refractivity contribution in [1.82, 2.24) is 10.2 Å². The molecule has 1 fully saturated rings. The van der Waals surface area contributed by atoms with Crippen LogP contribution in [0.15, 0.2) is 24.3 Å². The summed E-state index contributed by atoms with van der Waals surface area (Å²) in [7, 11) is 0. The van der Waals surface area contributed by atoms with Crippen molar-refractivity contribution in [3.05, 3.63) is 34.9 Å².